The van der Waals surface area contributed by atoms with E-state index in [0.29, 0.717) is 6.54 Å². The number of rotatable bonds is 4. The minimum absolute atomic E-state index is 0.200. The Morgan fingerprint density at radius 1 is 1.10 bits per heavy atom. The second-order valence-electron chi connectivity index (χ2n) is 8.00. The molecule has 1 N–H and O–H groups in total. The highest BCUT2D eigenvalue weighted by Gasteiger charge is 2.20. The fraction of sp³-hybridized carbons (Fsp3) is 0.478. The van der Waals surface area contributed by atoms with Crippen LogP contribution < -0.4 is 15.1 Å². The monoisotopic (exact) mass is 426 g/mol. The summed E-state index contributed by atoms with van der Waals surface area (Å²) < 4.78 is 18.8. The van der Waals surface area contributed by atoms with Crippen molar-refractivity contribution in [1.29, 1.82) is 0 Å². The average molecular weight is 427 g/mol. The van der Waals surface area contributed by atoms with Gasteiger partial charge in [-0.2, -0.15) is 0 Å². The Kier molecular flexibility index (Phi) is 6.86. The first-order valence-electron chi connectivity index (χ1n) is 10.9. The molecular weight excluding hydrogens is 395 g/mol. The van der Waals surface area contributed by atoms with Gasteiger partial charge in [0.1, 0.15) is 11.6 Å². The van der Waals surface area contributed by atoms with Gasteiger partial charge in [0.05, 0.1) is 12.7 Å². The van der Waals surface area contributed by atoms with Crippen LogP contribution in [0.25, 0.3) is 0 Å². The van der Waals surface area contributed by atoms with E-state index in [1.807, 2.05) is 25.4 Å². The quantitative estimate of drug-likeness (QED) is 0.598. The van der Waals surface area contributed by atoms with Gasteiger partial charge in [-0.1, -0.05) is 6.07 Å². The van der Waals surface area contributed by atoms with Crippen LogP contribution >= 0.6 is 0 Å². The maximum Gasteiger partial charge on any atom is 0.194 e. The van der Waals surface area contributed by atoms with Gasteiger partial charge in [0.2, 0.25) is 0 Å². The first-order valence-corrected chi connectivity index (χ1v) is 10.9. The summed E-state index contributed by atoms with van der Waals surface area (Å²) in [6.07, 6.45) is 2.17. The van der Waals surface area contributed by atoms with Crippen LogP contribution in [0.5, 0.6) is 0 Å². The molecule has 2 saturated heterocycles. The number of aromatic nitrogens is 1. The van der Waals surface area contributed by atoms with Gasteiger partial charge in [0.25, 0.3) is 0 Å². The third-order valence-corrected chi connectivity index (χ3v) is 5.81. The van der Waals surface area contributed by atoms with E-state index < -0.39 is 0 Å². The molecule has 0 saturated carbocycles. The Bertz CT molecular complexity index is 865. The largest absolute Gasteiger partial charge is 0.375 e. The molecule has 0 aliphatic carbocycles. The number of guanidine groups is 1. The molecule has 1 aromatic carbocycles. The third kappa shape index (κ3) is 5.44. The molecule has 0 spiro atoms. The van der Waals surface area contributed by atoms with E-state index in [9.17, 15) is 4.39 Å². The summed E-state index contributed by atoms with van der Waals surface area (Å²) in [6.45, 7) is 8.75. The molecule has 1 atom stereocenters. The normalized spacial score (nSPS) is 20.2. The molecule has 2 aliphatic heterocycles. The Hall–Kier alpha value is -2.87. The van der Waals surface area contributed by atoms with Crippen LogP contribution in [-0.4, -0.2) is 74.9 Å². The first kappa shape index (κ1) is 21.4. The van der Waals surface area contributed by atoms with Crippen molar-refractivity contribution in [1.82, 2.24) is 15.2 Å². The van der Waals surface area contributed by atoms with Gasteiger partial charge < -0.3 is 24.8 Å². The van der Waals surface area contributed by atoms with Crippen LogP contribution in [-0.2, 0) is 11.3 Å². The van der Waals surface area contributed by atoms with Crippen molar-refractivity contribution < 1.29 is 9.13 Å². The molecule has 0 bridgehead atoms. The molecule has 8 heteroatoms. The fourth-order valence-corrected chi connectivity index (χ4v) is 4.08. The topological polar surface area (TPSA) is 56.2 Å². The maximum absolute atomic E-state index is 13.2. The van der Waals surface area contributed by atoms with Gasteiger partial charge in [0.15, 0.2) is 5.96 Å². The van der Waals surface area contributed by atoms with Crippen molar-refractivity contribution >= 4 is 17.5 Å². The fourth-order valence-electron chi connectivity index (χ4n) is 4.08. The molecule has 3 heterocycles. The molecule has 31 heavy (non-hydrogen) atoms. The number of nitrogens with zero attached hydrogens (tertiary/aromatic N) is 5. The summed E-state index contributed by atoms with van der Waals surface area (Å²) in [5, 5.41) is 3.46. The Balaban J connectivity index is 1.27. The standard InChI is InChI=1S/C23H31FN6O/c1-18-17-30(13-14-31-18)22-8-3-19(15-26-22)16-27-23(25-2)29-11-9-28(10-12-29)21-6-4-20(24)5-7-21/h3-8,15,18H,9-14,16-17H2,1-2H3,(H,25,27). The number of hydrogen-bond acceptors (Lipinski definition) is 5. The van der Waals surface area contributed by atoms with E-state index >= 15 is 0 Å². The second-order valence-corrected chi connectivity index (χ2v) is 8.00. The number of anilines is 2. The molecular formula is C23H31FN6O. The first-order chi connectivity index (χ1) is 15.1. The molecule has 0 amide bonds. The van der Waals surface area contributed by atoms with Crippen LogP contribution in [0.2, 0.25) is 0 Å². The van der Waals surface area contributed by atoms with Gasteiger partial charge in [-0.25, -0.2) is 9.37 Å². The minimum Gasteiger partial charge on any atom is -0.375 e. The van der Waals surface area contributed by atoms with E-state index in [4.69, 9.17) is 4.74 Å². The summed E-state index contributed by atoms with van der Waals surface area (Å²) in [7, 11) is 1.82. The predicted octanol–water partition coefficient (Wildman–Crippen LogP) is 2.34. The summed E-state index contributed by atoms with van der Waals surface area (Å²) in [5.74, 6) is 1.69. The molecule has 4 rings (SSSR count). The minimum atomic E-state index is -0.200. The Morgan fingerprint density at radius 3 is 2.52 bits per heavy atom. The number of morpholine rings is 1. The molecule has 2 aliphatic rings. The number of nitrogens with one attached hydrogen (secondary N) is 1. The highest BCUT2D eigenvalue weighted by Crippen LogP contribution is 2.18. The van der Waals surface area contributed by atoms with E-state index in [-0.39, 0.29) is 11.9 Å². The highest BCUT2D eigenvalue weighted by molar-refractivity contribution is 5.80. The number of aliphatic imine (C=N–C) groups is 1. The number of hydrogen-bond donors (Lipinski definition) is 1. The number of piperazine rings is 1. The van der Waals surface area contributed by atoms with Crippen LogP contribution in [0.1, 0.15) is 12.5 Å². The molecule has 2 fully saturated rings. The van der Waals surface area contributed by atoms with E-state index in [0.717, 1.165) is 68.9 Å². The van der Waals surface area contributed by atoms with Gasteiger partial charge in [-0.3, -0.25) is 4.99 Å². The third-order valence-electron chi connectivity index (χ3n) is 5.81. The average Bonchev–Trinajstić information content (AvgIpc) is 2.81. The zero-order valence-corrected chi connectivity index (χ0v) is 18.3. The number of benzene rings is 1. The zero-order chi connectivity index (χ0) is 21.6. The summed E-state index contributed by atoms with van der Waals surface area (Å²) in [6, 6.07) is 10.9. The van der Waals surface area contributed by atoms with Gasteiger partial charge in [-0.15, -0.1) is 0 Å². The van der Waals surface area contributed by atoms with Crippen LogP contribution in [0, 0.1) is 5.82 Å². The van der Waals surface area contributed by atoms with Crippen molar-refractivity contribution in [3.05, 3.63) is 54.0 Å². The van der Waals surface area contributed by atoms with Crippen LogP contribution in [0.3, 0.4) is 0 Å². The van der Waals surface area contributed by atoms with Crippen molar-refractivity contribution in [3.63, 3.8) is 0 Å². The summed E-state index contributed by atoms with van der Waals surface area (Å²) >= 11 is 0. The van der Waals surface area contributed by atoms with Crippen LogP contribution in [0.4, 0.5) is 15.9 Å². The lowest BCUT2D eigenvalue weighted by molar-refractivity contribution is 0.0529. The number of pyridine rings is 1. The van der Waals surface area contributed by atoms with Crippen molar-refractivity contribution in [2.24, 2.45) is 4.99 Å². The number of halogens is 1. The number of ether oxygens (including phenoxy) is 1. The predicted molar refractivity (Wildman–Crippen MR) is 122 cm³/mol. The van der Waals surface area contributed by atoms with E-state index in [1.54, 1.807) is 0 Å². The van der Waals surface area contributed by atoms with Gasteiger partial charge >= 0.3 is 0 Å². The molecule has 0 radical (unpaired) electrons. The Morgan fingerprint density at radius 2 is 1.87 bits per heavy atom. The van der Waals surface area contributed by atoms with Crippen molar-refractivity contribution in [2.75, 3.05) is 62.7 Å². The van der Waals surface area contributed by atoms with Gasteiger partial charge in [-0.05, 0) is 42.8 Å². The second kappa shape index (κ2) is 9.96. The van der Waals surface area contributed by atoms with Gasteiger partial charge in [0, 0.05) is 64.7 Å². The molecule has 7 nitrogen and oxygen atoms in total. The molecule has 1 aromatic heterocycles. The summed E-state index contributed by atoms with van der Waals surface area (Å²) in [5.41, 5.74) is 2.18. The maximum atomic E-state index is 13.2. The molecule has 166 valence electrons. The lowest BCUT2D eigenvalue weighted by Gasteiger charge is -2.37. The highest BCUT2D eigenvalue weighted by atomic mass is 19.1. The van der Waals surface area contributed by atoms with Crippen molar-refractivity contribution in [3.8, 4) is 0 Å². The molecule has 2 aromatic rings. The smallest absolute Gasteiger partial charge is 0.194 e. The van der Waals surface area contributed by atoms with E-state index in [1.165, 1.54) is 12.1 Å². The molecule has 1 unspecified atom stereocenters. The summed E-state index contributed by atoms with van der Waals surface area (Å²) in [4.78, 5) is 15.9. The van der Waals surface area contributed by atoms with Crippen molar-refractivity contribution in [2.45, 2.75) is 19.6 Å². The zero-order valence-electron chi connectivity index (χ0n) is 18.3. The Labute approximate surface area is 183 Å². The lowest BCUT2D eigenvalue weighted by Crippen LogP contribution is -2.52. The lowest BCUT2D eigenvalue weighted by atomic mass is 10.2. The van der Waals surface area contributed by atoms with E-state index in [2.05, 4.69) is 49.0 Å². The SMILES string of the molecule is CN=C(NCc1ccc(N2CCOC(C)C2)nc1)N1CCN(c2ccc(F)cc2)CC1. The van der Waals surface area contributed by atoms with Crippen LogP contribution in [0.15, 0.2) is 47.6 Å².